The molecule has 6 heteroatoms. The number of halogens is 4. The Morgan fingerprint density at radius 2 is 2.00 bits per heavy atom. The molecule has 0 aromatic heterocycles. The molecule has 2 rings (SSSR count). The Bertz CT molecular complexity index is 429. The molecule has 0 saturated carbocycles. The van der Waals surface area contributed by atoms with E-state index in [1.165, 1.54) is 12.1 Å². The average Bonchev–Trinajstić information content (AvgIpc) is 2.17. The maximum atomic E-state index is 12.8. The predicted octanol–water partition coefficient (Wildman–Crippen LogP) is 2.24. The third-order valence-corrected chi connectivity index (χ3v) is 3.19. The van der Waals surface area contributed by atoms with Gasteiger partial charge < -0.3 is 10.4 Å². The molecule has 1 aromatic rings. The summed E-state index contributed by atoms with van der Waals surface area (Å²) in [7, 11) is 0. The van der Waals surface area contributed by atoms with Crippen LogP contribution in [0.25, 0.3) is 0 Å². The van der Waals surface area contributed by atoms with Crippen LogP contribution in [0, 0.1) is 0 Å². The predicted molar refractivity (Wildman–Crippen MR) is 58.0 cm³/mol. The minimum Gasteiger partial charge on any atom is -0.387 e. The summed E-state index contributed by atoms with van der Waals surface area (Å²) in [5.74, 6) is 0. The number of rotatable bonds is 2. The van der Waals surface area contributed by atoms with Gasteiger partial charge in [0.25, 0.3) is 0 Å². The van der Waals surface area contributed by atoms with Crippen LogP contribution >= 0.6 is 11.6 Å². The highest BCUT2D eigenvalue weighted by molar-refractivity contribution is 6.31. The van der Waals surface area contributed by atoms with Gasteiger partial charge in [-0.2, -0.15) is 13.2 Å². The molecule has 1 saturated heterocycles. The van der Waals surface area contributed by atoms with Crippen molar-refractivity contribution in [2.75, 3.05) is 13.1 Å². The van der Waals surface area contributed by atoms with Crippen LogP contribution in [0.4, 0.5) is 13.2 Å². The smallest absolute Gasteiger partial charge is 0.387 e. The van der Waals surface area contributed by atoms with Crippen molar-refractivity contribution in [3.05, 3.63) is 34.3 Å². The zero-order chi connectivity index (χ0) is 12.7. The summed E-state index contributed by atoms with van der Waals surface area (Å²) in [6, 6.07) is 3.65. The zero-order valence-corrected chi connectivity index (χ0v) is 9.57. The van der Waals surface area contributed by atoms with Gasteiger partial charge in [-0.1, -0.05) is 17.7 Å². The van der Waals surface area contributed by atoms with E-state index in [0.29, 0.717) is 0 Å². The van der Waals surface area contributed by atoms with Gasteiger partial charge in [0.1, 0.15) is 0 Å². The molecular formula is C11H11ClF3NO. The van der Waals surface area contributed by atoms with Crippen LogP contribution in [-0.2, 0) is 12.6 Å². The Kier molecular flexibility index (Phi) is 3.10. The largest absolute Gasteiger partial charge is 0.416 e. The van der Waals surface area contributed by atoms with Gasteiger partial charge in [0.15, 0.2) is 0 Å². The van der Waals surface area contributed by atoms with Gasteiger partial charge in [0, 0.05) is 24.5 Å². The molecule has 2 N–H and O–H groups in total. The minimum absolute atomic E-state index is 0.0364. The van der Waals surface area contributed by atoms with Crippen LogP contribution in [-0.4, -0.2) is 23.8 Å². The molecule has 0 amide bonds. The molecular weight excluding hydrogens is 255 g/mol. The average molecular weight is 266 g/mol. The first-order chi connectivity index (χ1) is 7.82. The molecule has 0 radical (unpaired) electrons. The van der Waals surface area contributed by atoms with Crippen molar-refractivity contribution in [3.8, 4) is 0 Å². The number of hydrogen-bond donors (Lipinski definition) is 2. The number of nitrogens with one attached hydrogen (secondary N) is 1. The zero-order valence-electron chi connectivity index (χ0n) is 8.81. The second-order valence-electron chi connectivity index (χ2n) is 4.27. The van der Waals surface area contributed by atoms with Crippen molar-refractivity contribution in [2.45, 2.75) is 18.2 Å². The van der Waals surface area contributed by atoms with Gasteiger partial charge in [0.2, 0.25) is 0 Å². The van der Waals surface area contributed by atoms with E-state index < -0.39 is 17.3 Å². The first kappa shape index (κ1) is 12.7. The van der Waals surface area contributed by atoms with E-state index in [1.807, 2.05) is 0 Å². The lowest BCUT2D eigenvalue weighted by atomic mass is 9.87. The van der Waals surface area contributed by atoms with Crippen molar-refractivity contribution in [1.29, 1.82) is 0 Å². The van der Waals surface area contributed by atoms with Crippen molar-refractivity contribution in [1.82, 2.24) is 5.32 Å². The van der Waals surface area contributed by atoms with Gasteiger partial charge in [-0.3, -0.25) is 0 Å². The summed E-state index contributed by atoms with van der Waals surface area (Å²) >= 11 is 5.79. The van der Waals surface area contributed by atoms with Crippen LogP contribution in [0.15, 0.2) is 18.2 Å². The highest BCUT2D eigenvalue weighted by Gasteiger charge is 2.40. The van der Waals surface area contributed by atoms with Crippen LogP contribution < -0.4 is 5.32 Å². The Hall–Kier alpha value is -0.780. The van der Waals surface area contributed by atoms with E-state index >= 15 is 0 Å². The number of aliphatic hydroxyl groups is 1. The molecule has 17 heavy (non-hydrogen) atoms. The fourth-order valence-corrected chi connectivity index (χ4v) is 2.11. The second kappa shape index (κ2) is 4.15. The van der Waals surface area contributed by atoms with Gasteiger partial charge in [-0.15, -0.1) is 0 Å². The van der Waals surface area contributed by atoms with Crippen LogP contribution in [0.1, 0.15) is 11.1 Å². The van der Waals surface area contributed by atoms with E-state index in [-0.39, 0.29) is 30.1 Å². The second-order valence-corrected chi connectivity index (χ2v) is 4.68. The van der Waals surface area contributed by atoms with Crippen LogP contribution in [0.3, 0.4) is 0 Å². The highest BCUT2D eigenvalue weighted by Crippen LogP contribution is 2.37. The third kappa shape index (κ3) is 2.56. The lowest BCUT2D eigenvalue weighted by Crippen LogP contribution is -2.60. The van der Waals surface area contributed by atoms with Crippen molar-refractivity contribution in [3.63, 3.8) is 0 Å². The summed E-state index contributed by atoms with van der Waals surface area (Å²) in [6.45, 7) is 0.574. The topological polar surface area (TPSA) is 32.3 Å². The number of alkyl halides is 3. The molecule has 1 aliphatic rings. The highest BCUT2D eigenvalue weighted by atomic mass is 35.5. The van der Waals surface area contributed by atoms with E-state index in [4.69, 9.17) is 11.6 Å². The number of benzene rings is 1. The molecule has 2 nitrogen and oxygen atoms in total. The monoisotopic (exact) mass is 265 g/mol. The minimum atomic E-state index is -4.45. The van der Waals surface area contributed by atoms with Crippen molar-refractivity contribution >= 4 is 11.6 Å². The molecule has 1 aromatic carbocycles. The van der Waals surface area contributed by atoms with Gasteiger partial charge in [0.05, 0.1) is 11.2 Å². The van der Waals surface area contributed by atoms with E-state index in [2.05, 4.69) is 5.32 Å². The molecule has 1 heterocycles. The van der Waals surface area contributed by atoms with E-state index in [9.17, 15) is 18.3 Å². The molecule has 0 aliphatic carbocycles. The molecule has 94 valence electrons. The summed E-state index contributed by atoms with van der Waals surface area (Å²) in [5.41, 5.74) is -1.93. The van der Waals surface area contributed by atoms with Gasteiger partial charge >= 0.3 is 6.18 Å². The lowest BCUT2D eigenvalue weighted by molar-refractivity contribution is -0.138. The van der Waals surface area contributed by atoms with Gasteiger partial charge in [-0.25, -0.2) is 0 Å². The molecule has 1 fully saturated rings. The SMILES string of the molecule is OC1(Cc2c(Cl)cccc2C(F)(F)F)CNC1. The Labute approximate surface area is 101 Å². The standard InChI is InChI=1S/C11H11ClF3NO/c12-9-3-1-2-8(11(13,14)15)7(9)4-10(17)5-16-6-10/h1-3,16-17H,4-6H2. The Balaban J connectivity index is 2.37. The number of hydrogen-bond acceptors (Lipinski definition) is 2. The quantitative estimate of drug-likeness (QED) is 0.860. The first-order valence-corrected chi connectivity index (χ1v) is 5.47. The van der Waals surface area contributed by atoms with Crippen LogP contribution in [0.2, 0.25) is 5.02 Å². The van der Waals surface area contributed by atoms with Crippen LogP contribution in [0.5, 0.6) is 0 Å². The fraction of sp³-hybridized carbons (Fsp3) is 0.455. The lowest BCUT2D eigenvalue weighted by Gasteiger charge is -2.38. The third-order valence-electron chi connectivity index (χ3n) is 2.84. The Morgan fingerprint density at radius 1 is 1.35 bits per heavy atom. The normalized spacial score (nSPS) is 18.9. The summed E-state index contributed by atoms with van der Waals surface area (Å²) in [4.78, 5) is 0. The fourth-order valence-electron chi connectivity index (χ4n) is 1.87. The molecule has 0 spiro atoms. The Morgan fingerprint density at radius 3 is 2.47 bits per heavy atom. The van der Waals surface area contributed by atoms with E-state index in [0.717, 1.165) is 6.07 Å². The maximum absolute atomic E-state index is 12.8. The summed E-state index contributed by atoms with van der Waals surface area (Å²) in [5, 5.41) is 12.8. The molecule has 0 atom stereocenters. The van der Waals surface area contributed by atoms with Crippen molar-refractivity contribution in [2.24, 2.45) is 0 Å². The maximum Gasteiger partial charge on any atom is 0.416 e. The van der Waals surface area contributed by atoms with Gasteiger partial charge in [-0.05, 0) is 17.7 Å². The summed E-state index contributed by atoms with van der Waals surface area (Å²) in [6.07, 6.45) is -4.54. The van der Waals surface area contributed by atoms with Crippen molar-refractivity contribution < 1.29 is 18.3 Å². The first-order valence-electron chi connectivity index (χ1n) is 5.09. The summed E-state index contributed by atoms with van der Waals surface area (Å²) < 4.78 is 38.3. The molecule has 1 aliphatic heterocycles. The van der Waals surface area contributed by atoms with E-state index in [1.54, 1.807) is 0 Å². The number of β-amino-alcohol motifs (C(OH)–C–C–N with tert-alkyl or cyclic N) is 1. The molecule has 0 unspecified atom stereocenters. The molecule has 0 bridgehead atoms.